The summed E-state index contributed by atoms with van der Waals surface area (Å²) in [7, 11) is -2.09. The summed E-state index contributed by atoms with van der Waals surface area (Å²) >= 11 is 13.2. The summed E-state index contributed by atoms with van der Waals surface area (Å²) in [6.07, 6.45) is 0. The standard InChI is InChI=1S/C19H16Cl2P/c20-19(21)22(16-10-4-1-5-11-16,17-12-6-2-7-13-17)18-14-8-3-9-15-18/h1-15,19H/q+1. The van der Waals surface area contributed by atoms with Crippen LogP contribution >= 0.6 is 30.5 Å². The van der Waals surface area contributed by atoms with Crippen molar-refractivity contribution in [2.45, 2.75) is 4.58 Å². The van der Waals surface area contributed by atoms with E-state index in [1.165, 1.54) is 15.9 Å². The molecule has 0 aliphatic heterocycles. The molecule has 0 atom stereocenters. The van der Waals surface area contributed by atoms with Gasteiger partial charge in [0.1, 0.15) is 23.2 Å². The van der Waals surface area contributed by atoms with Crippen LogP contribution in [0, 0.1) is 0 Å². The summed E-state index contributed by atoms with van der Waals surface area (Å²) in [5.74, 6) is 0. The van der Waals surface area contributed by atoms with Gasteiger partial charge in [0.15, 0.2) is 0 Å². The SMILES string of the molecule is ClC(Cl)[P+](c1ccccc1)(c1ccccc1)c1ccccc1. The Kier molecular flexibility index (Phi) is 4.84. The molecule has 3 aromatic carbocycles. The number of halogens is 2. The van der Waals surface area contributed by atoms with Gasteiger partial charge in [0.2, 0.25) is 4.58 Å². The van der Waals surface area contributed by atoms with E-state index >= 15 is 0 Å². The summed E-state index contributed by atoms with van der Waals surface area (Å²) < 4.78 is -0.500. The first-order chi connectivity index (χ1) is 10.8. The fourth-order valence-electron chi connectivity index (χ4n) is 2.77. The molecule has 0 aliphatic rings. The molecule has 0 aliphatic carbocycles. The minimum Gasteiger partial charge on any atom is -0.0620 e. The summed E-state index contributed by atoms with van der Waals surface area (Å²) in [6, 6.07) is 31.1. The highest BCUT2D eigenvalue weighted by Gasteiger charge is 2.51. The maximum atomic E-state index is 6.62. The lowest BCUT2D eigenvalue weighted by atomic mass is 10.4. The Morgan fingerprint density at radius 2 is 0.773 bits per heavy atom. The lowest BCUT2D eigenvalue weighted by Crippen LogP contribution is -2.34. The monoisotopic (exact) mass is 345 g/mol. The second kappa shape index (κ2) is 6.84. The first-order valence-corrected chi connectivity index (χ1v) is 9.83. The normalized spacial score (nSPS) is 11.6. The third kappa shape index (κ3) is 2.68. The maximum absolute atomic E-state index is 6.62. The molecule has 0 heterocycles. The zero-order valence-corrected chi connectivity index (χ0v) is 14.3. The quantitative estimate of drug-likeness (QED) is 0.473. The average molecular weight is 346 g/mol. The van der Waals surface area contributed by atoms with Gasteiger partial charge < -0.3 is 0 Å². The van der Waals surface area contributed by atoms with Crippen molar-refractivity contribution in [2.75, 3.05) is 0 Å². The van der Waals surface area contributed by atoms with Crippen molar-refractivity contribution < 1.29 is 0 Å². The Morgan fingerprint density at radius 3 is 1.00 bits per heavy atom. The molecule has 3 rings (SSSR count). The van der Waals surface area contributed by atoms with Gasteiger partial charge in [-0.1, -0.05) is 77.8 Å². The second-order valence-electron chi connectivity index (χ2n) is 5.01. The molecule has 0 N–H and O–H groups in total. The van der Waals surface area contributed by atoms with E-state index in [1.54, 1.807) is 0 Å². The van der Waals surface area contributed by atoms with E-state index in [1.807, 2.05) is 54.6 Å². The molecule has 0 radical (unpaired) electrons. The highest BCUT2D eigenvalue weighted by atomic mass is 35.5. The van der Waals surface area contributed by atoms with Crippen molar-refractivity contribution in [3.63, 3.8) is 0 Å². The number of rotatable bonds is 4. The van der Waals surface area contributed by atoms with E-state index in [2.05, 4.69) is 36.4 Å². The molecule has 0 bridgehead atoms. The number of hydrogen-bond donors (Lipinski definition) is 0. The molecular formula is C19H16Cl2P+. The molecule has 0 saturated carbocycles. The molecule has 0 spiro atoms. The van der Waals surface area contributed by atoms with Crippen LogP contribution in [0.5, 0.6) is 0 Å². The summed E-state index contributed by atoms with van der Waals surface area (Å²) in [5.41, 5.74) is 0. The third-order valence-electron chi connectivity index (χ3n) is 3.78. The van der Waals surface area contributed by atoms with Gasteiger partial charge in [-0.3, -0.25) is 0 Å². The van der Waals surface area contributed by atoms with E-state index in [0.29, 0.717) is 0 Å². The van der Waals surface area contributed by atoms with Gasteiger partial charge in [0.25, 0.3) is 0 Å². The Labute approximate surface area is 142 Å². The van der Waals surface area contributed by atoms with Crippen LogP contribution in [0.4, 0.5) is 0 Å². The molecule has 110 valence electrons. The molecule has 0 nitrogen and oxygen atoms in total. The highest BCUT2D eigenvalue weighted by Crippen LogP contribution is 2.62. The van der Waals surface area contributed by atoms with Gasteiger partial charge in [0, 0.05) is 0 Å². The van der Waals surface area contributed by atoms with E-state index in [9.17, 15) is 0 Å². The number of alkyl halides is 2. The summed E-state index contributed by atoms with van der Waals surface area (Å²) in [6.45, 7) is 0. The Balaban J connectivity index is 2.34. The van der Waals surface area contributed by atoms with E-state index < -0.39 is 11.8 Å². The first kappa shape index (κ1) is 15.6. The van der Waals surface area contributed by atoms with Crippen molar-refractivity contribution in [3.8, 4) is 0 Å². The lowest BCUT2D eigenvalue weighted by molar-refractivity contribution is 1.69. The van der Waals surface area contributed by atoms with Gasteiger partial charge in [-0.2, -0.15) is 0 Å². The smallest absolute Gasteiger partial charge is 0.0620 e. The van der Waals surface area contributed by atoms with Crippen molar-refractivity contribution >= 4 is 46.4 Å². The van der Waals surface area contributed by atoms with Crippen LogP contribution in [0.2, 0.25) is 0 Å². The molecule has 0 unspecified atom stereocenters. The predicted molar refractivity (Wildman–Crippen MR) is 101 cm³/mol. The average Bonchev–Trinajstić information content (AvgIpc) is 2.58. The highest BCUT2D eigenvalue weighted by molar-refractivity contribution is 7.98. The number of hydrogen-bond acceptors (Lipinski definition) is 0. The topological polar surface area (TPSA) is 0 Å². The third-order valence-corrected chi connectivity index (χ3v) is 9.46. The fourth-order valence-corrected chi connectivity index (χ4v) is 8.30. The molecule has 3 aromatic rings. The molecule has 3 heteroatoms. The Hall–Kier alpha value is -1.33. The van der Waals surface area contributed by atoms with Crippen LogP contribution in [-0.4, -0.2) is 4.58 Å². The zero-order valence-electron chi connectivity index (χ0n) is 11.9. The second-order valence-corrected chi connectivity index (χ2v) is 10.2. The Bertz CT molecular complexity index is 616. The van der Waals surface area contributed by atoms with Crippen LogP contribution in [-0.2, 0) is 0 Å². The van der Waals surface area contributed by atoms with Gasteiger partial charge in [-0.05, 0) is 36.4 Å². The van der Waals surface area contributed by atoms with Gasteiger partial charge in [-0.25, -0.2) is 0 Å². The molecule has 22 heavy (non-hydrogen) atoms. The predicted octanol–water partition coefficient (Wildman–Crippen LogP) is 4.74. The van der Waals surface area contributed by atoms with E-state index in [-0.39, 0.29) is 0 Å². The number of benzene rings is 3. The maximum Gasteiger partial charge on any atom is 0.229 e. The van der Waals surface area contributed by atoms with Crippen LogP contribution in [0.1, 0.15) is 0 Å². The van der Waals surface area contributed by atoms with Crippen molar-refractivity contribution in [2.24, 2.45) is 0 Å². The van der Waals surface area contributed by atoms with Crippen molar-refractivity contribution in [3.05, 3.63) is 91.0 Å². The van der Waals surface area contributed by atoms with Gasteiger partial charge >= 0.3 is 0 Å². The van der Waals surface area contributed by atoms with Crippen LogP contribution in [0.3, 0.4) is 0 Å². The van der Waals surface area contributed by atoms with Crippen molar-refractivity contribution in [1.29, 1.82) is 0 Å². The van der Waals surface area contributed by atoms with Crippen molar-refractivity contribution in [1.82, 2.24) is 0 Å². The van der Waals surface area contributed by atoms with Crippen LogP contribution in [0.15, 0.2) is 91.0 Å². The van der Waals surface area contributed by atoms with Gasteiger partial charge in [-0.15, -0.1) is 0 Å². The lowest BCUT2D eigenvalue weighted by Gasteiger charge is -2.28. The molecule has 0 saturated heterocycles. The van der Waals surface area contributed by atoms with E-state index in [4.69, 9.17) is 23.2 Å². The fraction of sp³-hybridized carbons (Fsp3) is 0.0526. The summed E-state index contributed by atoms with van der Waals surface area (Å²) in [4.78, 5) is 0. The minimum absolute atomic E-state index is 0.500. The largest absolute Gasteiger partial charge is 0.229 e. The van der Waals surface area contributed by atoms with Crippen LogP contribution < -0.4 is 15.9 Å². The van der Waals surface area contributed by atoms with E-state index in [0.717, 1.165) is 0 Å². The van der Waals surface area contributed by atoms with Gasteiger partial charge in [0.05, 0.1) is 0 Å². The zero-order chi connectivity index (χ0) is 15.4. The first-order valence-electron chi connectivity index (χ1n) is 7.10. The molecule has 0 fully saturated rings. The molecular weight excluding hydrogens is 330 g/mol. The molecule has 0 amide bonds. The molecule has 0 aromatic heterocycles. The Morgan fingerprint density at radius 1 is 0.500 bits per heavy atom. The van der Waals surface area contributed by atoms with Crippen LogP contribution in [0.25, 0.3) is 0 Å². The summed E-state index contributed by atoms with van der Waals surface area (Å²) in [5, 5.41) is 3.59. The minimum atomic E-state index is -2.09.